The number of nitrogens with zero attached hydrogens (tertiary/aromatic N) is 2. The van der Waals surface area contributed by atoms with E-state index in [9.17, 15) is 14.9 Å². The van der Waals surface area contributed by atoms with E-state index in [1.165, 1.54) is 12.8 Å². The molecular formula is C13H15Cl2N3O3. The molecule has 0 unspecified atom stereocenters. The van der Waals surface area contributed by atoms with Crippen LogP contribution in [-0.2, 0) is 0 Å². The summed E-state index contributed by atoms with van der Waals surface area (Å²) in [4.78, 5) is 24.5. The van der Waals surface area contributed by atoms with Crippen molar-refractivity contribution in [2.24, 2.45) is 0 Å². The predicted molar refractivity (Wildman–Crippen MR) is 81.1 cm³/mol. The van der Waals surface area contributed by atoms with Crippen LogP contribution < -0.4 is 5.32 Å². The first-order chi connectivity index (χ1) is 9.99. The monoisotopic (exact) mass is 331 g/mol. The van der Waals surface area contributed by atoms with Gasteiger partial charge in [0.25, 0.3) is 11.6 Å². The second-order valence-corrected chi connectivity index (χ2v) is 5.64. The molecule has 1 aliphatic heterocycles. The first-order valence-corrected chi connectivity index (χ1v) is 7.38. The van der Waals surface area contributed by atoms with Crippen LogP contribution in [0.25, 0.3) is 0 Å². The van der Waals surface area contributed by atoms with Crippen molar-refractivity contribution in [2.45, 2.75) is 12.8 Å². The van der Waals surface area contributed by atoms with Crippen LogP contribution in [-0.4, -0.2) is 41.9 Å². The molecule has 0 saturated carbocycles. The number of nitro benzene ring substituents is 1. The molecule has 0 aromatic heterocycles. The van der Waals surface area contributed by atoms with Crippen molar-refractivity contribution in [3.8, 4) is 0 Å². The summed E-state index contributed by atoms with van der Waals surface area (Å²) in [6.45, 7) is 3.31. The normalized spacial score (nSPS) is 15.1. The van der Waals surface area contributed by atoms with Gasteiger partial charge in [-0.05, 0) is 25.9 Å². The number of rotatable bonds is 5. The fourth-order valence-electron chi connectivity index (χ4n) is 2.27. The van der Waals surface area contributed by atoms with Crippen LogP contribution in [0.3, 0.4) is 0 Å². The van der Waals surface area contributed by atoms with Gasteiger partial charge >= 0.3 is 0 Å². The number of non-ortho nitro benzene ring substituents is 1. The van der Waals surface area contributed by atoms with E-state index < -0.39 is 10.8 Å². The Labute approximate surface area is 132 Å². The van der Waals surface area contributed by atoms with Crippen LogP contribution in [0.1, 0.15) is 23.2 Å². The quantitative estimate of drug-likeness (QED) is 0.664. The Morgan fingerprint density at radius 2 is 2.00 bits per heavy atom. The number of nitrogens with one attached hydrogen (secondary N) is 1. The van der Waals surface area contributed by atoms with Crippen molar-refractivity contribution < 1.29 is 9.72 Å². The van der Waals surface area contributed by atoms with E-state index in [0.717, 1.165) is 31.8 Å². The summed E-state index contributed by atoms with van der Waals surface area (Å²) in [5.74, 6) is -0.454. The van der Waals surface area contributed by atoms with Gasteiger partial charge in [-0.15, -0.1) is 0 Å². The molecule has 1 aromatic rings. The van der Waals surface area contributed by atoms with Gasteiger partial charge in [-0.25, -0.2) is 0 Å². The average Bonchev–Trinajstić information content (AvgIpc) is 2.94. The molecule has 21 heavy (non-hydrogen) atoms. The average molecular weight is 332 g/mol. The SMILES string of the molecule is O=C(NCCN1CCCC1)c1cc([N+](=O)[O-])cc(Cl)c1Cl. The Bertz CT molecular complexity index is 560. The number of carbonyl (C=O) groups excluding carboxylic acids is 1. The van der Waals surface area contributed by atoms with Gasteiger partial charge < -0.3 is 10.2 Å². The number of amides is 1. The van der Waals surface area contributed by atoms with Crippen LogP contribution in [0.5, 0.6) is 0 Å². The first kappa shape index (κ1) is 16.0. The number of nitro groups is 1. The summed E-state index contributed by atoms with van der Waals surface area (Å²) in [6.07, 6.45) is 2.36. The summed E-state index contributed by atoms with van der Waals surface area (Å²) < 4.78 is 0. The summed E-state index contributed by atoms with van der Waals surface area (Å²) in [7, 11) is 0. The van der Waals surface area contributed by atoms with Crippen molar-refractivity contribution in [1.29, 1.82) is 0 Å². The number of benzene rings is 1. The Hall–Kier alpha value is -1.37. The van der Waals surface area contributed by atoms with Crippen LogP contribution in [0, 0.1) is 10.1 Å². The van der Waals surface area contributed by atoms with Gasteiger partial charge in [0.15, 0.2) is 0 Å². The van der Waals surface area contributed by atoms with Gasteiger partial charge in [-0.2, -0.15) is 0 Å². The molecule has 0 aliphatic carbocycles. The fraction of sp³-hybridized carbons (Fsp3) is 0.462. The fourth-order valence-corrected chi connectivity index (χ4v) is 2.68. The van der Waals surface area contributed by atoms with Gasteiger partial charge in [-0.1, -0.05) is 23.2 Å². The second-order valence-electron chi connectivity index (χ2n) is 4.85. The van der Waals surface area contributed by atoms with Gasteiger partial charge in [0.2, 0.25) is 0 Å². The predicted octanol–water partition coefficient (Wildman–Crippen LogP) is 2.73. The summed E-state index contributed by atoms with van der Waals surface area (Å²) in [5.41, 5.74) is -0.230. The highest BCUT2D eigenvalue weighted by molar-refractivity contribution is 6.44. The zero-order valence-electron chi connectivity index (χ0n) is 11.3. The Kier molecular flexibility index (Phi) is 5.39. The third kappa shape index (κ3) is 4.06. The highest BCUT2D eigenvalue weighted by Crippen LogP contribution is 2.30. The minimum Gasteiger partial charge on any atom is -0.351 e. The van der Waals surface area contributed by atoms with E-state index in [-0.39, 0.29) is 21.3 Å². The van der Waals surface area contributed by atoms with Crippen molar-refractivity contribution >= 4 is 34.8 Å². The molecule has 0 spiro atoms. The molecule has 1 saturated heterocycles. The maximum atomic E-state index is 12.1. The summed E-state index contributed by atoms with van der Waals surface area (Å²) in [6, 6.07) is 2.27. The molecule has 6 nitrogen and oxygen atoms in total. The standard InChI is InChI=1S/C13H15Cl2N3O3/c14-11-8-9(18(20)21)7-10(12(11)15)13(19)16-3-6-17-4-1-2-5-17/h7-8H,1-6H2,(H,16,19). The molecular weight excluding hydrogens is 317 g/mol. The van der Waals surface area contributed by atoms with Gasteiger partial charge in [-0.3, -0.25) is 14.9 Å². The van der Waals surface area contributed by atoms with E-state index in [0.29, 0.717) is 6.54 Å². The lowest BCUT2D eigenvalue weighted by Gasteiger charge is -2.15. The molecule has 114 valence electrons. The molecule has 1 N–H and O–H groups in total. The number of carbonyl (C=O) groups is 1. The minimum absolute atomic E-state index is 0.00411. The molecule has 2 rings (SSSR count). The van der Waals surface area contributed by atoms with Crippen LogP contribution in [0.2, 0.25) is 10.0 Å². The van der Waals surface area contributed by atoms with Crippen LogP contribution in [0.15, 0.2) is 12.1 Å². The maximum absolute atomic E-state index is 12.1. The largest absolute Gasteiger partial charge is 0.351 e. The number of hydrogen-bond acceptors (Lipinski definition) is 4. The molecule has 8 heteroatoms. The zero-order valence-corrected chi connectivity index (χ0v) is 12.8. The Morgan fingerprint density at radius 1 is 1.33 bits per heavy atom. The minimum atomic E-state index is -0.608. The van der Waals surface area contributed by atoms with E-state index in [1.54, 1.807) is 0 Å². The Morgan fingerprint density at radius 3 is 2.62 bits per heavy atom. The number of hydrogen-bond donors (Lipinski definition) is 1. The van der Waals surface area contributed by atoms with Gasteiger partial charge in [0.05, 0.1) is 20.5 Å². The van der Waals surface area contributed by atoms with Crippen molar-refractivity contribution in [1.82, 2.24) is 10.2 Å². The lowest BCUT2D eigenvalue weighted by Crippen LogP contribution is -2.33. The summed E-state index contributed by atoms with van der Waals surface area (Å²) >= 11 is 11.8. The smallest absolute Gasteiger partial charge is 0.271 e. The molecule has 1 aliphatic rings. The van der Waals surface area contributed by atoms with Crippen LogP contribution in [0.4, 0.5) is 5.69 Å². The molecule has 1 aromatic carbocycles. The molecule has 0 radical (unpaired) electrons. The van der Waals surface area contributed by atoms with Crippen molar-refractivity contribution in [2.75, 3.05) is 26.2 Å². The second kappa shape index (κ2) is 7.06. The zero-order chi connectivity index (χ0) is 15.4. The van der Waals surface area contributed by atoms with E-state index in [2.05, 4.69) is 10.2 Å². The Balaban J connectivity index is 2.02. The highest BCUT2D eigenvalue weighted by Gasteiger charge is 2.19. The molecule has 1 amide bonds. The third-order valence-electron chi connectivity index (χ3n) is 3.38. The molecule has 0 bridgehead atoms. The van der Waals surface area contributed by atoms with E-state index in [4.69, 9.17) is 23.2 Å². The first-order valence-electron chi connectivity index (χ1n) is 6.63. The van der Waals surface area contributed by atoms with Gasteiger partial charge in [0.1, 0.15) is 0 Å². The third-order valence-corrected chi connectivity index (χ3v) is 4.18. The number of halogens is 2. The highest BCUT2D eigenvalue weighted by atomic mass is 35.5. The van der Waals surface area contributed by atoms with Gasteiger partial charge in [0, 0.05) is 25.2 Å². The van der Waals surface area contributed by atoms with Crippen LogP contribution >= 0.6 is 23.2 Å². The molecule has 1 fully saturated rings. The lowest BCUT2D eigenvalue weighted by atomic mass is 10.2. The topological polar surface area (TPSA) is 75.5 Å². The molecule has 1 heterocycles. The maximum Gasteiger partial charge on any atom is 0.271 e. The lowest BCUT2D eigenvalue weighted by molar-refractivity contribution is -0.384. The molecule has 0 atom stereocenters. The van der Waals surface area contributed by atoms with E-state index in [1.807, 2.05) is 0 Å². The van der Waals surface area contributed by atoms with Crippen molar-refractivity contribution in [3.05, 3.63) is 37.9 Å². The van der Waals surface area contributed by atoms with E-state index >= 15 is 0 Å². The summed E-state index contributed by atoms with van der Waals surface area (Å²) in [5, 5.41) is 13.5. The van der Waals surface area contributed by atoms with Crippen molar-refractivity contribution in [3.63, 3.8) is 0 Å². The number of likely N-dealkylation sites (tertiary alicyclic amines) is 1.